The number of hydrogen-bond donors (Lipinski definition) is 1. The first-order valence-electron chi connectivity index (χ1n) is 5.72. The Morgan fingerprint density at radius 2 is 2.24 bits per heavy atom. The van der Waals surface area contributed by atoms with Gasteiger partial charge in [0.25, 0.3) is 0 Å². The molecule has 0 aliphatic carbocycles. The molecule has 0 bridgehead atoms. The third-order valence-electron chi connectivity index (χ3n) is 2.45. The number of carbonyl (C=O) groups is 2. The summed E-state index contributed by atoms with van der Waals surface area (Å²) < 4.78 is 10.1. The summed E-state index contributed by atoms with van der Waals surface area (Å²) in [5.74, 6) is -0.358. The van der Waals surface area contributed by atoms with Crippen molar-refractivity contribution in [2.75, 3.05) is 33.5 Å². The topological polar surface area (TPSA) is 67.9 Å². The van der Waals surface area contributed by atoms with Crippen molar-refractivity contribution < 1.29 is 19.1 Å². The minimum atomic E-state index is -0.547. The van der Waals surface area contributed by atoms with Crippen LogP contribution in [0.2, 0.25) is 0 Å². The van der Waals surface area contributed by atoms with Gasteiger partial charge in [0.1, 0.15) is 12.6 Å². The normalized spacial score (nSPS) is 20.5. The molecule has 0 spiro atoms. The maximum atomic E-state index is 11.9. The Morgan fingerprint density at radius 3 is 2.82 bits per heavy atom. The zero-order valence-electron chi connectivity index (χ0n) is 10.6. The van der Waals surface area contributed by atoms with E-state index in [0.717, 1.165) is 0 Å². The van der Waals surface area contributed by atoms with Crippen molar-refractivity contribution in [3.63, 3.8) is 0 Å². The largest absolute Gasteiger partial charge is 0.377 e. The van der Waals surface area contributed by atoms with E-state index in [1.165, 1.54) is 12.0 Å². The molecule has 0 aromatic carbocycles. The Labute approximate surface area is 101 Å². The average molecular weight is 244 g/mol. The predicted octanol–water partition coefficient (Wildman–Crippen LogP) is -0.615. The van der Waals surface area contributed by atoms with Crippen LogP contribution in [0.1, 0.15) is 13.8 Å². The van der Waals surface area contributed by atoms with Crippen LogP contribution in [-0.2, 0) is 19.1 Å². The SMILES string of the molecule is COCC(=O)N1CCOCC1C(=O)NC(C)C. The highest BCUT2D eigenvalue weighted by Crippen LogP contribution is 2.08. The molecule has 1 rings (SSSR count). The standard InChI is InChI=1S/C11H20N2O4/c1-8(2)12-11(15)9-6-17-5-4-13(9)10(14)7-16-3/h8-9H,4-7H2,1-3H3,(H,12,15). The smallest absolute Gasteiger partial charge is 0.249 e. The molecule has 0 aromatic rings. The summed E-state index contributed by atoms with van der Waals surface area (Å²) in [4.78, 5) is 25.2. The van der Waals surface area contributed by atoms with Crippen molar-refractivity contribution in [1.29, 1.82) is 0 Å². The van der Waals surface area contributed by atoms with Crippen molar-refractivity contribution in [2.45, 2.75) is 25.9 Å². The van der Waals surface area contributed by atoms with Gasteiger partial charge in [0.2, 0.25) is 11.8 Å². The highest BCUT2D eigenvalue weighted by molar-refractivity contribution is 5.88. The molecular formula is C11H20N2O4. The van der Waals surface area contributed by atoms with E-state index in [1.54, 1.807) is 0 Å². The number of morpholine rings is 1. The van der Waals surface area contributed by atoms with Gasteiger partial charge in [-0.05, 0) is 13.8 Å². The Hall–Kier alpha value is -1.14. The number of amides is 2. The zero-order chi connectivity index (χ0) is 12.8. The molecule has 1 fully saturated rings. The fourth-order valence-electron chi connectivity index (χ4n) is 1.71. The number of hydrogen-bond acceptors (Lipinski definition) is 4. The van der Waals surface area contributed by atoms with Crippen molar-refractivity contribution in [2.24, 2.45) is 0 Å². The Kier molecular flexibility index (Phi) is 5.37. The molecule has 1 N–H and O–H groups in total. The van der Waals surface area contributed by atoms with E-state index in [2.05, 4.69) is 5.32 Å². The number of ether oxygens (including phenoxy) is 2. The van der Waals surface area contributed by atoms with Gasteiger partial charge in [-0.25, -0.2) is 0 Å². The molecule has 1 atom stereocenters. The lowest BCUT2D eigenvalue weighted by molar-refractivity contribution is -0.151. The van der Waals surface area contributed by atoms with Gasteiger partial charge in [-0.2, -0.15) is 0 Å². The average Bonchev–Trinajstić information content (AvgIpc) is 2.28. The highest BCUT2D eigenvalue weighted by atomic mass is 16.5. The van der Waals surface area contributed by atoms with Crippen LogP contribution in [0.25, 0.3) is 0 Å². The molecule has 0 saturated carbocycles. The lowest BCUT2D eigenvalue weighted by atomic mass is 10.2. The van der Waals surface area contributed by atoms with E-state index in [4.69, 9.17) is 9.47 Å². The molecule has 1 aliphatic rings. The summed E-state index contributed by atoms with van der Waals surface area (Å²) in [6.45, 7) is 4.88. The van der Waals surface area contributed by atoms with Crippen LogP contribution in [-0.4, -0.2) is 62.3 Å². The fourth-order valence-corrected chi connectivity index (χ4v) is 1.71. The van der Waals surface area contributed by atoms with Gasteiger partial charge in [0, 0.05) is 19.7 Å². The summed E-state index contributed by atoms with van der Waals surface area (Å²) in [6, 6.07) is -0.502. The quantitative estimate of drug-likeness (QED) is 0.716. The lowest BCUT2D eigenvalue weighted by Gasteiger charge is -2.34. The van der Waals surface area contributed by atoms with Crippen molar-refractivity contribution in [1.82, 2.24) is 10.2 Å². The number of nitrogens with zero attached hydrogens (tertiary/aromatic N) is 1. The third kappa shape index (κ3) is 3.98. The fraction of sp³-hybridized carbons (Fsp3) is 0.818. The molecule has 1 heterocycles. The summed E-state index contributed by atoms with van der Waals surface area (Å²) in [6.07, 6.45) is 0. The maximum Gasteiger partial charge on any atom is 0.249 e. The monoisotopic (exact) mass is 244 g/mol. The van der Waals surface area contributed by atoms with Crippen molar-refractivity contribution in [3.05, 3.63) is 0 Å². The minimum absolute atomic E-state index is 0.00847. The second-order valence-corrected chi connectivity index (χ2v) is 4.27. The van der Waals surface area contributed by atoms with E-state index in [1.807, 2.05) is 13.8 Å². The molecule has 1 saturated heterocycles. The second kappa shape index (κ2) is 6.56. The Bertz CT molecular complexity index is 281. The molecule has 6 heteroatoms. The van der Waals surface area contributed by atoms with Crippen LogP contribution in [0.5, 0.6) is 0 Å². The molecular weight excluding hydrogens is 224 g/mol. The molecule has 1 unspecified atom stereocenters. The molecule has 2 amide bonds. The van der Waals surface area contributed by atoms with Crippen LogP contribution in [0.15, 0.2) is 0 Å². The van der Waals surface area contributed by atoms with E-state index in [0.29, 0.717) is 13.2 Å². The molecule has 98 valence electrons. The van der Waals surface area contributed by atoms with Crippen molar-refractivity contribution >= 4 is 11.8 Å². The summed E-state index contributed by atoms with van der Waals surface area (Å²) >= 11 is 0. The van der Waals surface area contributed by atoms with E-state index < -0.39 is 6.04 Å². The Morgan fingerprint density at radius 1 is 1.53 bits per heavy atom. The van der Waals surface area contributed by atoms with Gasteiger partial charge < -0.3 is 19.7 Å². The summed E-state index contributed by atoms with van der Waals surface area (Å²) in [7, 11) is 1.46. The minimum Gasteiger partial charge on any atom is -0.377 e. The van der Waals surface area contributed by atoms with Gasteiger partial charge in [-0.3, -0.25) is 9.59 Å². The van der Waals surface area contributed by atoms with Crippen LogP contribution in [0.4, 0.5) is 0 Å². The zero-order valence-corrected chi connectivity index (χ0v) is 10.6. The number of methoxy groups -OCH3 is 1. The van der Waals surface area contributed by atoms with Gasteiger partial charge >= 0.3 is 0 Å². The van der Waals surface area contributed by atoms with Crippen LogP contribution < -0.4 is 5.32 Å². The third-order valence-corrected chi connectivity index (χ3v) is 2.45. The van der Waals surface area contributed by atoms with Crippen LogP contribution in [0, 0.1) is 0 Å². The van der Waals surface area contributed by atoms with E-state index >= 15 is 0 Å². The van der Waals surface area contributed by atoms with E-state index in [-0.39, 0.29) is 31.1 Å². The van der Waals surface area contributed by atoms with E-state index in [9.17, 15) is 9.59 Å². The van der Waals surface area contributed by atoms with Gasteiger partial charge in [0.15, 0.2) is 0 Å². The second-order valence-electron chi connectivity index (χ2n) is 4.27. The summed E-state index contributed by atoms with van der Waals surface area (Å²) in [5.41, 5.74) is 0. The number of carbonyl (C=O) groups excluding carboxylic acids is 2. The number of rotatable bonds is 4. The van der Waals surface area contributed by atoms with Gasteiger partial charge in [-0.15, -0.1) is 0 Å². The molecule has 0 radical (unpaired) electrons. The molecule has 17 heavy (non-hydrogen) atoms. The van der Waals surface area contributed by atoms with Crippen LogP contribution >= 0.6 is 0 Å². The molecule has 0 aromatic heterocycles. The maximum absolute atomic E-state index is 11.9. The Balaban J connectivity index is 2.65. The van der Waals surface area contributed by atoms with Gasteiger partial charge in [0.05, 0.1) is 13.2 Å². The van der Waals surface area contributed by atoms with Crippen LogP contribution in [0.3, 0.4) is 0 Å². The van der Waals surface area contributed by atoms with Gasteiger partial charge in [-0.1, -0.05) is 0 Å². The first-order chi connectivity index (χ1) is 8.06. The first-order valence-corrected chi connectivity index (χ1v) is 5.72. The lowest BCUT2D eigenvalue weighted by Crippen LogP contribution is -2.57. The number of nitrogens with one attached hydrogen (secondary N) is 1. The molecule has 6 nitrogen and oxygen atoms in total. The highest BCUT2D eigenvalue weighted by Gasteiger charge is 2.32. The summed E-state index contributed by atoms with van der Waals surface area (Å²) in [5, 5.41) is 2.79. The first kappa shape index (κ1) is 13.9. The van der Waals surface area contributed by atoms with Crippen molar-refractivity contribution in [3.8, 4) is 0 Å². The predicted molar refractivity (Wildman–Crippen MR) is 61.5 cm³/mol. The molecule has 1 aliphatic heterocycles.